The first-order chi connectivity index (χ1) is 10.5. The van der Waals surface area contributed by atoms with E-state index in [1.807, 2.05) is 0 Å². The lowest BCUT2D eigenvalue weighted by Crippen LogP contribution is -2.29. The van der Waals surface area contributed by atoms with Crippen LogP contribution in [0.4, 0.5) is 0 Å². The predicted octanol–water partition coefficient (Wildman–Crippen LogP) is 0.350. The lowest BCUT2D eigenvalue weighted by atomic mass is 10.1. The van der Waals surface area contributed by atoms with Crippen molar-refractivity contribution in [2.45, 2.75) is 25.2 Å². The molecular formula is C15H20N2O5S. The molecule has 0 saturated heterocycles. The van der Waals surface area contributed by atoms with Gasteiger partial charge >= 0.3 is 5.97 Å². The molecule has 4 N–H and O–H groups in total. The van der Waals surface area contributed by atoms with Crippen molar-refractivity contribution in [3.05, 3.63) is 29.8 Å². The normalized spacial score (nSPS) is 22.4. The van der Waals surface area contributed by atoms with Gasteiger partial charge in [-0.1, -0.05) is 26.0 Å². The minimum Gasteiger partial charge on any atom is -0.481 e. The van der Waals surface area contributed by atoms with Gasteiger partial charge in [-0.05, 0) is 29.5 Å². The molecule has 1 aliphatic carbocycles. The van der Waals surface area contributed by atoms with Crippen LogP contribution in [-0.4, -0.2) is 31.9 Å². The van der Waals surface area contributed by atoms with E-state index in [4.69, 9.17) is 10.2 Å². The molecular weight excluding hydrogens is 320 g/mol. The van der Waals surface area contributed by atoms with Crippen LogP contribution in [0.2, 0.25) is 0 Å². The average Bonchev–Trinajstić information content (AvgIpc) is 3.01. The Morgan fingerprint density at radius 1 is 1.22 bits per heavy atom. The molecule has 0 spiro atoms. The van der Waals surface area contributed by atoms with Crippen LogP contribution >= 0.6 is 0 Å². The molecule has 1 fully saturated rings. The van der Waals surface area contributed by atoms with E-state index in [0.717, 1.165) is 5.56 Å². The second kappa shape index (κ2) is 5.93. The quantitative estimate of drug-likeness (QED) is 0.689. The molecule has 0 bridgehead atoms. The monoisotopic (exact) mass is 340 g/mol. The lowest BCUT2D eigenvalue weighted by molar-refractivity contribution is -0.140. The van der Waals surface area contributed by atoms with E-state index in [1.54, 1.807) is 26.0 Å². The Morgan fingerprint density at radius 2 is 1.78 bits per heavy atom. The van der Waals surface area contributed by atoms with Crippen LogP contribution in [0.25, 0.3) is 0 Å². The summed E-state index contributed by atoms with van der Waals surface area (Å²) in [5.74, 6) is -2.36. The van der Waals surface area contributed by atoms with E-state index < -0.39 is 33.2 Å². The highest BCUT2D eigenvalue weighted by molar-refractivity contribution is 7.89. The van der Waals surface area contributed by atoms with Gasteiger partial charge < -0.3 is 10.4 Å². The molecule has 8 heteroatoms. The van der Waals surface area contributed by atoms with Gasteiger partial charge in [-0.25, -0.2) is 13.6 Å². The van der Waals surface area contributed by atoms with Gasteiger partial charge in [0.25, 0.3) is 0 Å². The van der Waals surface area contributed by atoms with Crippen molar-refractivity contribution in [1.29, 1.82) is 0 Å². The maximum atomic E-state index is 12.0. The average molecular weight is 340 g/mol. The third-order valence-electron chi connectivity index (χ3n) is 4.34. The number of rotatable bonds is 6. The molecule has 2 atom stereocenters. The van der Waals surface area contributed by atoms with Crippen LogP contribution in [0.5, 0.6) is 0 Å². The molecule has 1 aromatic rings. The summed E-state index contributed by atoms with van der Waals surface area (Å²) in [5.41, 5.74) is 0.329. The molecule has 0 aromatic heterocycles. The van der Waals surface area contributed by atoms with Crippen molar-refractivity contribution < 1.29 is 23.1 Å². The van der Waals surface area contributed by atoms with Gasteiger partial charge in [-0.15, -0.1) is 0 Å². The molecule has 0 aliphatic heterocycles. The van der Waals surface area contributed by atoms with Crippen LogP contribution in [0.1, 0.15) is 19.4 Å². The van der Waals surface area contributed by atoms with Crippen LogP contribution < -0.4 is 10.5 Å². The molecule has 7 nitrogen and oxygen atoms in total. The lowest BCUT2D eigenvalue weighted by Gasteiger charge is -2.07. The minimum absolute atomic E-state index is 0.0364. The van der Waals surface area contributed by atoms with Gasteiger partial charge in [-0.3, -0.25) is 9.59 Å². The molecule has 0 radical (unpaired) electrons. The number of aliphatic carboxylic acids is 1. The summed E-state index contributed by atoms with van der Waals surface area (Å²) in [6.07, 6.45) is 0.515. The molecule has 2 rings (SSSR count). The van der Waals surface area contributed by atoms with E-state index in [0.29, 0.717) is 13.0 Å². The Bertz CT molecular complexity index is 725. The SMILES string of the molecule is CC1(C)C(C(=O)O)C1C(=O)NCCc1ccc(S(N)(=O)=O)cc1. The Kier molecular flexibility index (Phi) is 4.50. The number of benzene rings is 1. The highest BCUT2D eigenvalue weighted by Crippen LogP contribution is 2.58. The number of carbonyl (C=O) groups excluding carboxylic acids is 1. The van der Waals surface area contributed by atoms with Gasteiger partial charge in [0.2, 0.25) is 15.9 Å². The number of hydrogen-bond donors (Lipinski definition) is 3. The van der Waals surface area contributed by atoms with E-state index in [2.05, 4.69) is 5.32 Å². The zero-order valence-electron chi connectivity index (χ0n) is 12.9. The summed E-state index contributed by atoms with van der Waals surface area (Å²) < 4.78 is 22.3. The van der Waals surface area contributed by atoms with Crippen molar-refractivity contribution in [2.24, 2.45) is 22.4 Å². The molecule has 1 amide bonds. The zero-order valence-corrected chi connectivity index (χ0v) is 13.8. The van der Waals surface area contributed by atoms with Crippen LogP contribution in [0, 0.1) is 17.3 Å². The summed E-state index contributed by atoms with van der Waals surface area (Å²) in [5, 5.41) is 16.8. The van der Waals surface area contributed by atoms with Crippen molar-refractivity contribution in [3.8, 4) is 0 Å². The fourth-order valence-corrected chi connectivity index (χ4v) is 3.39. The highest BCUT2D eigenvalue weighted by atomic mass is 32.2. The zero-order chi connectivity index (χ0) is 17.4. The molecule has 2 unspecified atom stereocenters. The van der Waals surface area contributed by atoms with Crippen molar-refractivity contribution >= 4 is 21.9 Å². The molecule has 23 heavy (non-hydrogen) atoms. The van der Waals surface area contributed by atoms with E-state index in [-0.39, 0.29) is 10.8 Å². The number of nitrogens with two attached hydrogens (primary N) is 1. The standard InChI is InChI=1S/C15H20N2O5S/c1-15(2)11(12(15)14(19)20)13(18)17-8-7-9-3-5-10(6-4-9)23(16,21)22/h3-6,11-12H,7-8H2,1-2H3,(H,17,18)(H,19,20)(H2,16,21,22). The first-order valence-corrected chi connectivity index (χ1v) is 8.72. The fraction of sp³-hybridized carbons (Fsp3) is 0.467. The maximum absolute atomic E-state index is 12.0. The number of carboxylic acids is 1. The predicted molar refractivity (Wildman–Crippen MR) is 82.9 cm³/mol. The summed E-state index contributed by atoms with van der Waals surface area (Å²) in [6.45, 7) is 3.89. The first kappa shape index (κ1) is 17.4. The smallest absolute Gasteiger partial charge is 0.307 e. The Balaban J connectivity index is 1.86. The third kappa shape index (κ3) is 3.70. The summed E-state index contributed by atoms with van der Waals surface area (Å²) in [4.78, 5) is 23.1. The van der Waals surface area contributed by atoms with Gasteiger partial charge in [-0.2, -0.15) is 0 Å². The maximum Gasteiger partial charge on any atom is 0.307 e. The number of carboxylic acid groups (broad SMARTS) is 1. The van der Waals surface area contributed by atoms with Gasteiger partial charge in [0.1, 0.15) is 0 Å². The highest BCUT2D eigenvalue weighted by Gasteiger charge is 2.65. The number of hydrogen-bond acceptors (Lipinski definition) is 4. The number of primary sulfonamides is 1. The fourth-order valence-electron chi connectivity index (χ4n) is 2.87. The second-order valence-electron chi connectivity index (χ2n) is 6.34. The van der Waals surface area contributed by atoms with E-state index >= 15 is 0 Å². The largest absolute Gasteiger partial charge is 0.481 e. The van der Waals surface area contributed by atoms with Crippen molar-refractivity contribution in [2.75, 3.05) is 6.54 Å². The van der Waals surface area contributed by atoms with E-state index in [1.165, 1.54) is 12.1 Å². The molecule has 1 aromatic carbocycles. The van der Waals surface area contributed by atoms with Crippen molar-refractivity contribution in [3.63, 3.8) is 0 Å². The molecule has 1 aliphatic rings. The van der Waals surface area contributed by atoms with Crippen molar-refractivity contribution in [1.82, 2.24) is 5.32 Å². The molecule has 0 heterocycles. The van der Waals surface area contributed by atoms with Gasteiger partial charge in [0.15, 0.2) is 0 Å². The summed E-state index contributed by atoms with van der Waals surface area (Å²) in [6, 6.07) is 6.09. The Labute approximate surface area is 134 Å². The summed E-state index contributed by atoms with van der Waals surface area (Å²) in [7, 11) is -3.71. The van der Waals surface area contributed by atoms with E-state index in [9.17, 15) is 18.0 Å². The number of nitrogens with one attached hydrogen (secondary N) is 1. The van der Waals surface area contributed by atoms with Gasteiger partial charge in [0, 0.05) is 6.54 Å². The molecule has 1 saturated carbocycles. The Hall–Kier alpha value is -1.93. The van der Waals surface area contributed by atoms with Crippen LogP contribution in [0.3, 0.4) is 0 Å². The number of sulfonamides is 1. The van der Waals surface area contributed by atoms with Crippen LogP contribution in [-0.2, 0) is 26.0 Å². The third-order valence-corrected chi connectivity index (χ3v) is 5.27. The molecule has 126 valence electrons. The minimum atomic E-state index is -3.71. The van der Waals surface area contributed by atoms with Gasteiger partial charge in [0.05, 0.1) is 16.7 Å². The first-order valence-electron chi connectivity index (χ1n) is 7.17. The Morgan fingerprint density at radius 3 is 2.22 bits per heavy atom. The van der Waals surface area contributed by atoms with Crippen LogP contribution in [0.15, 0.2) is 29.2 Å². The number of amides is 1. The summed E-state index contributed by atoms with van der Waals surface area (Å²) >= 11 is 0. The topological polar surface area (TPSA) is 127 Å². The second-order valence-corrected chi connectivity index (χ2v) is 7.91. The number of carbonyl (C=O) groups is 2.